The summed E-state index contributed by atoms with van der Waals surface area (Å²) in [6.07, 6.45) is 1.70. The fourth-order valence-corrected chi connectivity index (χ4v) is 5.52. The van der Waals surface area contributed by atoms with E-state index in [-0.39, 0.29) is 4.87 Å². The molecule has 152 valence electrons. The van der Waals surface area contributed by atoms with Crippen LogP contribution in [0.25, 0.3) is 11.4 Å². The highest BCUT2D eigenvalue weighted by Crippen LogP contribution is 2.20. The average molecular weight is 431 g/mol. The van der Waals surface area contributed by atoms with Gasteiger partial charge in [0.05, 0.1) is 23.0 Å². The number of thiazole rings is 1. The summed E-state index contributed by atoms with van der Waals surface area (Å²) < 4.78 is 28.9. The number of benzene rings is 1. The van der Waals surface area contributed by atoms with Crippen LogP contribution in [0.4, 0.5) is 0 Å². The van der Waals surface area contributed by atoms with Crippen molar-refractivity contribution in [3.05, 3.63) is 69.3 Å². The van der Waals surface area contributed by atoms with Crippen LogP contribution >= 0.6 is 11.3 Å². The van der Waals surface area contributed by atoms with Crippen molar-refractivity contribution in [1.82, 2.24) is 18.8 Å². The first-order chi connectivity index (χ1) is 13.9. The quantitative estimate of drug-likeness (QED) is 0.621. The molecule has 9 heteroatoms. The molecule has 1 aromatic carbocycles. The van der Waals surface area contributed by atoms with Gasteiger partial charge in [0.15, 0.2) is 0 Å². The second-order valence-electron chi connectivity index (χ2n) is 7.01. The van der Waals surface area contributed by atoms with Gasteiger partial charge in [-0.25, -0.2) is 8.42 Å². The van der Waals surface area contributed by atoms with Crippen LogP contribution in [0.15, 0.2) is 63.7 Å². The van der Waals surface area contributed by atoms with Gasteiger partial charge in [-0.2, -0.15) is 4.31 Å². The van der Waals surface area contributed by atoms with Crippen LogP contribution in [-0.4, -0.2) is 53.4 Å². The van der Waals surface area contributed by atoms with Crippen molar-refractivity contribution < 1.29 is 8.42 Å². The number of pyridine rings is 1. The molecule has 0 spiro atoms. The maximum Gasteiger partial charge on any atom is 0.308 e. The van der Waals surface area contributed by atoms with Crippen molar-refractivity contribution in [2.24, 2.45) is 0 Å². The van der Waals surface area contributed by atoms with E-state index in [0.717, 1.165) is 28.3 Å². The Kier molecular flexibility index (Phi) is 5.64. The number of aromatic nitrogens is 2. The number of hydrogen-bond acceptors (Lipinski definition) is 6. The number of nitrogens with zero attached hydrogens (tertiary/aromatic N) is 4. The lowest BCUT2D eigenvalue weighted by Crippen LogP contribution is -2.49. The molecular formula is C20H22N4O3S2. The van der Waals surface area contributed by atoms with Crippen molar-refractivity contribution >= 4 is 21.4 Å². The first-order valence-corrected chi connectivity index (χ1v) is 11.7. The fraction of sp³-hybridized carbons (Fsp3) is 0.300. The van der Waals surface area contributed by atoms with Crippen LogP contribution in [0.3, 0.4) is 0 Å². The first-order valence-electron chi connectivity index (χ1n) is 9.34. The standard InChI is InChI=1S/C20H22N4O3S2/c1-16-5-7-17(8-6-16)29(26,27)23-12-10-22(11-13-23)15-24-19(14-28-20(24)25)18-4-2-3-9-21-18/h2-9,14H,10-13,15H2,1H3. The highest BCUT2D eigenvalue weighted by atomic mass is 32.2. The second-order valence-corrected chi connectivity index (χ2v) is 9.77. The van der Waals surface area contributed by atoms with E-state index in [0.29, 0.717) is 37.7 Å². The smallest absolute Gasteiger partial charge is 0.284 e. The van der Waals surface area contributed by atoms with Crippen LogP contribution in [0.1, 0.15) is 5.56 Å². The molecule has 3 heterocycles. The Morgan fingerprint density at radius 1 is 1.03 bits per heavy atom. The summed E-state index contributed by atoms with van der Waals surface area (Å²) in [7, 11) is -3.49. The Morgan fingerprint density at radius 2 is 1.76 bits per heavy atom. The summed E-state index contributed by atoms with van der Waals surface area (Å²) in [5, 5.41) is 1.82. The maximum absolute atomic E-state index is 12.9. The molecule has 2 aromatic heterocycles. The molecule has 0 amide bonds. The molecule has 1 aliphatic rings. The van der Waals surface area contributed by atoms with Crippen LogP contribution in [0.2, 0.25) is 0 Å². The summed E-state index contributed by atoms with van der Waals surface area (Å²) in [4.78, 5) is 19.1. The molecule has 1 aliphatic heterocycles. The van der Waals surface area contributed by atoms with Crippen molar-refractivity contribution in [3.63, 3.8) is 0 Å². The lowest BCUT2D eigenvalue weighted by atomic mass is 10.2. The van der Waals surface area contributed by atoms with E-state index in [1.165, 1.54) is 4.31 Å². The zero-order valence-electron chi connectivity index (χ0n) is 16.1. The molecule has 1 fully saturated rings. The fourth-order valence-electron chi connectivity index (χ4n) is 3.35. The van der Waals surface area contributed by atoms with E-state index in [2.05, 4.69) is 9.88 Å². The Bertz CT molecular complexity index is 1130. The molecule has 0 bridgehead atoms. The summed E-state index contributed by atoms with van der Waals surface area (Å²) in [6, 6.07) is 12.5. The Hall–Kier alpha value is -2.33. The molecule has 29 heavy (non-hydrogen) atoms. The molecule has 0 unspecified atom stereocenters. The molecular weight excluding hydrogens is 408 g/mol. The van der Waals surface area contributed by atoms with E-state index >= 15 is 0 Å². The molecule has 0 aliphatic carbocycles. The third-order valence-corrected chi connectivity index (χ3v) is 7.72. The molecule has 0 N–H and O–H groups in total. The third-order valence-electron chi connectivity index (χ3n) is 5.04. The highest BCUT2D eigenvalue weighted by molar-refractivity contribution is 7.89. The first kappa shape index (κ1) is 20.0. The van der Waals surface area contributed by atoms with Gasteiger partial charge in [-0.15, -0.1) is 0 Å². The van der Waals surface area contributed by atoms with E-state index in [1.54, 1.807) is 22.9 Å². The number of aryl methyl sites for hydroxylation is 1. The van der Waals surface area contributed by atoms with E-state index < -0.39 is 10.0 Å². The van der Waals surface area contributed by atoms with Gasteiger partial charge in [0.2, 0.25) is 10.0 Å². The monoisotopic (exact) mass is 430 g/mol. The average Bonchev–Trinajstić information content (AvgIpc) is 3.10. The number of sulfonamides is 1. The summed E-state index contributed by atoms with van der Waals surface area (Å²) in [6.45, 7) is 4.28. The van der Waals surface area contributed by atoms with Crippen molar-refractivity contribution in [2.75, 3.05) is 26.2 Å². The van der Waals surface area contributed by atoms with Gasteiger partial charge in [0.1, 0.15) is 0 Å². The summed E-state index contributed by atoms with van der Waals surface area (Å²) >= 11 is 1.15. The highest BCUT2D eigenvalue weighted by Gasteiger charge is 2.28. The summed E-state index contributed by atoms with van der Waals surface area (Å²) in [5.74, 6) is 0. The predicted octanol–water partition coefficient (Wildman–Crippen LogP) is 2.24. The van der Waals surface area contributed by atoms with Gasteiger partial charge in [-0.05, 0) is 31.2 Å². The van der Waals surface area contributed by atoms with Gasteiger partial charge in [0.25, 0.3) is 0 Å². The maximum atomic E-state index is 12.9. The molecule has 3 aromatic rings. The zero-order chi connectivity index (χ0) is 20.4. The topological polar surface area (TPSA) is 75.5 Å². The zero-order valence-corrected chi connectivity index (χ0v) is 17.7. The van der Waals surface area contributed by atoms with Gasteiger partial charge < -0.3 is 0 Å². The van der Waals surface area contributed by atoms with Crippen molar-refractivity contribution in [1.29, 1.82) is 0 Å². The van der Waals surface area contributed by atoms with Crippen LogP contribution < -0.4 is 4.87 Å². The third kappa shape index (κ3) is 4.18. The Labute approximate surface area is 173 Å². The lowest BCUT2D eigenvalue weighted by Gasteiger charge is -2.34. The Balaban J connectivity index is 1.46. The van der Waals surface area contributed by atoms with E-state index in [1.807, 2.05) is 42.6 Å². The van der Waals surface area contributed by atoms with Crippen LogP contribution in [0, 0.1) is 6.92 Å². The molecule has 4 rings (SSSR count). The van der Waals surface area contributed by atoms with Crippen LogP contribution in [0.5, 0.6) is 0 Å². The minimum atomic E-state index is -3.49. The van der Waals surface area contributed by atoms with Gasteiger partial charge in [-0.3, -0.25) is 19.2 Å². The normalized spacial score (nSPS) is 16.2. The molecule has 0 saturated carbocycles. The van der Waals surface area contributed by atoms with Crippen LogP contribution in [-0.2, 0) is 16.7 Å². The second kappa shape index (κ2) is 8.19. The molecule has 7 nitrogen and oxygen atoms in total. The van der Waals surface area contributed by atoms with Crippen molar-refractivity contribution in [3.8, 4) is 11.4 Å². The van der Waals surface area contributed by atoms with Gasteiger partial charge in [-0.1, -0.05) is 35.1 Å². The van der Waals surface area contributed by atoms with Crippen molar-refractivity contribution in [2.45, 2.75) is 18.5 Å². The predicted molar refractivity (Wildman–Crippen MR) is 113 cm³/mol. The van der Waals surface area contributed by atoms with E-state index in [4.69, 9.17) is 0 Å². The largest absolute Gasteiger partial charge is 0.308 e. The van der Waals surface area contributed by atoms with E-state index in [9.17, 15) is 13.2 Å². The Morgan fingerprint density at radius 3 is 2.41 bits per heavy atom. The molecule has 0 radical (unpaired) electrons. The lowest BCUT2D eigenvalue weighted by molar-refractivity contribution is 0.152. The molecule has 0 atom stereocenters. The minimum absolute atomic E-state index is 0.0413. The summed E-state index contributed by atoms with van der Waals surface area (Å²) in [5.41, 5.74) is 2.57. The van der Waals surface area contributed by atoms with Gasteiger partial charge >= 0.3 is 4.87 Å². The SMILES string of the molecule is Cc1ccc(S(=O)(=O)N2CCN(Cn3c(-c4ccccn4)csc3=O)CC2)cc1. The molecule has 1 saturated heterocycles. The minimum Gasteiger partial charge on any atom is -0.284 e. The number of hydrogen-bond donors (Lipinski definition) is 0. The number of piperazine rings is 1. The van der Waals surface area contributed by atoms with Gasteiger partial charge in [0, 0.05) is 37.8 Å². The number of rotatable bonds is 5.